The van der Waals surface area contributed by atoms with Crippen LogP contribution < -0.4 is 0 Å². The van der Waals surface area contributed by atoms with E-state index in [9.17, 15) is 4.79 Å². The Kier molecular flexibility index (Phi) is 6.92. The highest BCUT2D eigenvalue weighted by atomic mass is 16.7. The van der Waals surface area contributed by atoms with E-state index in [1.54, 1.807) is 7.05 Å². The average molecular weight is 253 g/mol. The van der Waals surface area contributed by atoms with E-state index in [1.165, 1.54) is 12.2 Å². The maximum atomic E-state index is 11.8. The highest BCUT2D eigenvalue weighted by Gasteiger charge is 2.21. The van der Waals surface area contributed by atoms with Gasteiger partial charge in [0.25, 0.3) is 0 Å². The minimum absolute atomic E-state index is 0.0209. The first-order valence-corrected chi connectivity index (χ1v) is 6.36. The predicted molar refractivity (Wildman–Crippen MR) is 75.9 cm³/mol. The van der Waals surface area contributed by atoms with E-state index in [1.807, 2.05) is 19.9 Å². The van der Waals surface area contributed by atoms with Crippen molar-refractivity contribution in [2.45, 2.75) is 40.5 Å². The molecule has 0 spiro atoms. The smallest absolute Gasteiger partial charge is 0.248 e. The van der Waals surface area contributed by atoms with Gasteiger partial charge < -0.3 is 0 Å². The predicted octanol–water partition coefficient (Wildman–Crippen LogP) is 3.58. The van der Waals surface area contributed by atoms with Crippen molar-refractivity contribution in [2.24, 2.45) is 11.3 Å². The molecule has 0 radical (unpaired) electrons. The second kappa shape index (κ2) is 7.37. The highest BCUT2D eigenvalue weighted by molar-refractivity contribution is 5.77. The van der Waals surface area contributed by atoms with Crippen molar-refractivity contribution in [3.8, 4) is 0 Å². The van der Waals surface area contributed by atoms with Gasteiger partial charge in [-0.05, 0) is 25.2 Å². The Hall–Kier alpha value is -1.09. The highest BCUT2D eigenvalue weighted by Crippen LogP contribution is 2.27. The molecular weight excluding hydrogens is 226 g/mol. The molecule has 0 aromatic rings. The lowest BCUT2D eigenvalue weighted by Gasteiger charge is -2.24. The van der Waals surface area contributed by atoms with Crippen LogP contribution in [-0.2, 0) is 9.63 Å². The summed E-state index contributed by atoms with van der Waals surface area (Å²) in [5.74, 6) is 0.00429. The van der Waals surface area contributed by atoms with Crippen LogP contribution in [0.3, 0.4) is 0 Å². The number of hydrogen-bond acceptors (Lipinski definition) is 2. The number of carbonyl (C=O) groups excluding carboxylic acids is 1. The van der Waals surface area contributed by atoms with Crippen LogP contribution in [0.15, 0.2) is 24.3 Å². The quantitative estimate of drug-likeness (QED) is 0.512. The third kappa shape index (κ3) is 6.60. The van der Waals surface area contributed by atoms with Crippen LogP contribution in [0, 0.1) is 11.3 Å². The molecule has 0 saturated heterocycles. The molecular formula is C15H27NO2. The molecule has 0 aliphatic carbocycles. The Bertz CT molecular complexity index is 318. The van der Waals surface area contributed by atoms with Crippen LogP contribution in [0.25, 0.3) is 0 Å². The third-order valence-corrected chi connectivity index (χ3v) is 3.05. The molecule has 0 rings (SSSR count). The lowest BCUT2D eigenvalue weighted by atomic mass is 9.84. The van der Waals surface area contributed by atoms with Gasteiger partial charge in [-0.1, -0.05) is 45.1 Å². The van der Waals surface area contributed by atoms with E-state index in [2.05, 4.69) is 26.5 Å². The first kappa shape index (κ1) is 16.9. The number of amides is 1. The van der Waals surface area contributed by atoms with Gasteiger partial charge in [0, 0.05) is 13.0 Å². The van der Waals surface area contributed by atoms with E-state index in [4.69, 9.17) is 4.84 Å². The van der Waals surface area contributed by atoms with Crippen LogP contribution in [0.1, 0.15) is 40.5 Å². The summed E-state index contributed by atoms with van der Waals surface area (Å²) < 4.78 is 0. The van der Waals surface area contributed by atoms with Gasteiger partial charge in [-0.25, -0.2) is 5.06 Å². The summed E-state index contributed by atoms with van der Waals surface area (Å²) in [5.41, 5.74) is 1.13. The van der Waals surface area contributed by atoms with Crippen LogP contribution in [-0.4, -0.2) is 25.1 Å². The molecule has 0 heterocycles. The SMILES string of the molecule is C=C(C)/C=C/C(C)(C)CCC(C)C(=O)N(C)OC. The van der Waals surface area contributed by atoms with Gasteiger partial charge in [0.05, 0.1) is 7.11 Å². The standard InChI is InChI=1S/C15H27NO2/c1-12(2)8-10-15(4,5)11-9-13(3)14(17)16(6)18-7/h8,10,13H,1,9,11H2,2-7H3/b10-8+. The van der Waals surface area contributed by atoms with Gasteiger partial charge in [0.1, 0.15) is 0 Å². The van der Waals surface area contributed by atoms with E-state index < -0.39 is 0 Å². The van der Waals surface area contributed by atoms with Gasteiger partial charge in [0.2, 0.25) is 5.91 Å². The lowest BCUT2D eigenvalue weighted by Crippen LogP contribution is -2.31. The molecule has 0 saturated carbocycles. The van der Waals surface area contributed by atoms with Gasteiger partial charge in [-0.2, -0.15) is 0 Å². The van der Waals surface area contributed by atoms with E-state index in [0.29, 0.717) is 0 Å². The summed E-state index contributed by atoms with van der Waals surface area (Å²) in [5, 5.41) is 1.29. The van der Waals surface area contributed by atoms with Gasteiger partial charge in [-0.15, -0.1) is 0 Å². The summed E-state index contributed by atoms with van der Waals surface area (Å²) >= 11 is 0. The fraction of sp³-hybridized carbons (Fsp3) is 0.667. The number of hydrogen-bond donors (Lipinski definition) is 0. The third-order valence-electron chi connectivity index (χ3n) is 3.05. The van der Waals surface area contributed by atoms with Crippen LogP contribution >= 0.6 is 0 Å². The molecule has 18 heavy (non-hydrogen) atoms. The van der Waals surface area contributed by atoms with Crippen molar-refractivity contribution in [1.82, 2.24) is 5.06 Å². The summed E-state index contributed by atoms with van der Waals surface area (Å²) in [6.07, 6.45) is 6.00. The molecule has 0 aliphatic heterocycles. The number of rotatable bonds is 7. The van der Waals surface area contributed by atoms with Crippen molar-refractivity contribution >= 4 is 5.91 Å². The molecule has 3 heteroatoms. The lowest BCUT2D eigenvalue weighted by molar-refractivity contribution is -0.173. The maximum absolute atomic E-state index is 11.8. The Labute approximate surface area is 111 Å². The van der Waals surface area contributed by atoms with Crippen molar-refractivity contribution in [2.75, 3.05) is 14.2 Å². The Morgan fingerprint density at radius 3 is 2.50 bits per heavy atom. The second-order valence-electron chi connectivity index (χ2n) is 5.63. The van der Waals surface area contributed by atoms with Crippen LogP contribution in [0.4, 0.5) is 0 Å². The number of carbonyl (C=O) groups is 1. The first-order valence-electron chi connectivity index (χ1n) is 6.36. The Morgan fingerprint density at radius 1 is 1.50 bits per heavy atom. The number of hydroxylamine groups is 2. The van der Waals surface area contributed by atoms with Crippen LogP contribution in [0.5, 0.6) is 0 Å². The Balaban J connectivity index is 4.31. The molecule has 0 bridgehead atoms. The summed E-state index contributed by atoms with van der Waals surface area (Å²) in [7, 11) is 3.15. The largest absolute Gasteiger partial charge is 0.275 e. The van der Waals surface area contributed by atoms with Gasteiger partial charge in [-0.3, -0.25) is 9.63 Å². The minimum atomic E-state index is -0.0209. The van der Waals surface area contributed by atoms with Crippen molar-refractivity contribution in [3.05, 3.63) is 24.3 Å². The average Bonchev–Trinajstić information content (AvgIpc) is 2.31. The zero-order valence-electron chi connectivity index (χ0n) is 12.6. The first-order chi connectivity index (χ1) is 8.19. The topological polar surface area (TPSA) is 29.5 Å². The van der Waals surface area contributed by atoms with E-state index in [0.717, 1.165) is 18.4 Å². The zero-order valence-corrected chi connectivity index (χ0v) is 12.6. The molecule has 3 nitrogen and oxygen atoms in total. The Morgan fingerprint density at radius 2 is 2.06 bits per heavy atom. The molecule has 0 aromatic heterocycles. The molecule has 1 atom stereocenters. The summed E-state index contributed by atoms with van der Waals surface area (Å²) in [6, 6.07) is 0. The monoisotopic (exact) mass is 253 g/mol. The molecule has 0 fully saturated rings. The van der Waals surface area contributed by atoms with Crippen molar-refractivity contribution in [1.29, 1.82) is 0 Å². The zero-order chi connectivity index (χ0) is 14.3. The fourth-order valence-corrected chi connectivity index (χ4v) is 1.56. The summed E-state index contributed by atoms with van der Waals surface area (Å²) in [4.78, 5) is 16.7. The second-order valence-corrected chi connectivity index (χ2v) is 5.63. The molecule has 1 amide bonds. The van der Waals surface area contributed by atoms with Gasteiger partial charge >= 0.3 is 0 Å². The van der Waals surface area contributed by atoms with Crippen molar-refractivity contribution < 1.29 is 9.63 Å². The fourth-order valence-electron chi connectivity index (χ4n) is 1.56. The molecule has 0 aromatic carbocycles. The van der Waals surface area contributed by atoms with Crippen LogP contribution in [0.2, 0.25) is 0 Å². The maximum Gasteiger partial charge on any atom is 0.248 e. The molecule has 104 valence electrons. The van der Waals surface area contributed by atoms with E-state index >= 15 is 0 Å². The number of allylic oxidation sites excluding steroid dienone is 3. The van der Waals surface area contributed by atoms with E-state index in [-0.39, 0.29) is 17.2 Å². The summed E-state index contributed by atoms with van der Waals surface area (Å²) in [6.45, 7) is 12.1. The number of nitrogens with zero attached hydrogens (tertiary/aromatic N) is 1. The molecule has 1 unspecified atom stereocenters. The molecule has 0 aliphatic rings. The molecule has 0 N–H and O–H groups in total. The minimum Gasteiger partial charge on any atom is -0.275 e. The van der Waals surface area contributed by atoms with Crippen molar-refractivity contribution in [3.63, 3.8) is 0 Å². The normalized spacial score (nSPS) is 13.7. The van der Waals surface area contributed by atoms with Gasteiger partial charge in [0.15, 0.2) is 0 Å².